The van der Waals surface area contributed by atoms with E-state index in [2.05, 4.69) is 73.2 Å². The Kier molecular flexibility index (Phi) is 9.80. The number of fused-ring (bicyclic) bond motifs is 1. The maximum Gasteiger partial charge on any atom is 0.255 e. The highest BCUT2D eigenvalue weighted by Gasteiger charge is 2.29. The van der Waals surface area contributed by atoms with Crippen LogP contribution in [0.1, 0.15) is 104 Å². The second-order valence-electron chi connectivity index (χ2n) is 10.4. The molecule has 0 saturated heterocycles. The summed E-state index contributed by atoms with van der Waals surface area (Å²) >= 11 is 0. The quantitative estimate of drug-likeness (QED) is 0.215. The van der Waals surface area contributed by atoms with Crippen LogP contribution in [0.2, 0.25) is 0 Å². The molecule has 0 spiro atoms. The summed E-state index contributed by atoms with van der Waals surface area (Å²) in [4.78, 5) is 20.1. The van der Waals surface area contributed by atoms with Gasteiger partial charge in [0.15, 0.2) is 0 Å². The number of amides is 1. The van der Waals surface area contributed by atoms with Gasteiger partial charge in [0.25, 0.3) is 5.91 Å². The lowest BCUT2D eigenvalue weighted by molar-refractivity contribution is 0.0751. The van der Waals surface area contributed by atoms with Gasteiger partial charge in [0.1, 0.15) is 0 Å². The first kappa shape index (κ1) is 28.4. The predicted octanol–water partition coefficient (Wildman–Crippen LogP) is 8.25. The average molecular weight is 519 g/mol. The van der Waals surface area contributed by atoms with Gasteiger partial charge in [-0.1, -0.05) is 57.0 Å². The van der Waals surface area contributed by atoms with Gasteiger partial charge in [-0.3, -0.25) is 9.79 Å². The van der Waals surface area contributed by atoms with Crippen LogP contribution < -0.4 is 0 Å². The minimum absolute atomic E-state index is 0. The van der Waals surface area contributed by atoms with Gasteiger partial charge in [0.05, 0.1) is 5.71 Å². The SMILES string of the molecule is C1#CCCCCCC1.[CH]=C=C(CC)C(=NC)c1cc(C(=O)N2Cc3ccc(CC)cc3C2)c(C2=C[CH]2)cc1C.[HH]. The minimum atomic E-state index is 0. The van der Waals surface area contributed by atoms with Gasteiger partial charge in [-0.25, -0.2) is 0 Å². The first-order chi connectivity index (χ1) is 19.0. The van der Waals surface area contributed by atoms with Crippen molar-refractivity contribution >= 4 is 17.2 Å². The molecule has 2 aromatic carbocycles. The zero-order valence-corrected chi connectivity index (χ0v) is 24.0. The predicted molar refractivity (Wildman–Crippen MR) is 165 cm³/mol. The summed E-state index contributed by atoms with van der Waals surface area (Å²) in [5.41, 5.74) is 13.1. The van der Waals surface area contributed by atoms with Crippen molar-refractivity contribution in [2.24, 2.45) is 4.99 Å². The molecule has 2 radical (unpaired) electrons. The molecule has 2 aromatic rings. The molecule has 3 heteroatoms. The fraction of sp³-hybridized carbons (Fsp3) is 0.389. The summed E-state index contributed by atoms with van der Waals surface area (Å²) in [6, 6.07) is 10.7. The van der Waals surface area contributed by atoms with E-state index >= 15 is 0 Å². The lowest BCUT2D eigenvalue weighted by Gasteiger charge is -2.20. The lowest BCUT2D eigenvalue weighted by atomic mass is 9.91. The van der Waals surface area contributed by atoms with E-state index in [1.54, 1.807) is 7.05 Å². The second-order valence-corrected chi connectivity index (χ2v) is 10.4. The summed E-state index contributed by atoms with van der Waals surface area (Å²) in [6.07, 6.45) is 13.6. The van der Waals surface area contributed by atoms with Crippen molar-refractivity contribution in [3.63, 3.8) is 0 Å². The number of nitrogens with zero attached hydrogens (tertiary/aromatic N) is 2. The Labute approximate surface area is 236 Å². The Morgan fingerprint density at radius 1 is 1.03 bits per heavy atom. The van der Waals surface area contributed by atoms with Crippen LogP contribution in [-0.2, 0) is 19.5 Å². The second kappa shape index (κ2) is 13.5. The number of carbonyl (C=O) groups is 1. The highest BCUT2D eigenvalue weighted by atomic mass is 16.2. The zero-order valence-electron chi connectivity index (χ0n) is 24.0. The number of carbonyl (C=O) groups excluding carboxylic acids is 1. The fourth-order valence-corrected chi connectivity index (χ4v) is 5.29. The van der Waals surface area contributed by atoms with Crippen LogP contribution in [0.3, 0.4) is 0 Å². The van der Waals surface area contributed by atoms with Gasteiger partial charge in [0.2, 0.25) is 0 Å². The topological polar surface area (TPSA) is 32.7 Å². The molecule has 2 aliphatic carbocycles. The maximum absolute atomic E-state index is 13.7. The van der Waals surface area contributed by atoms with Crippen molar-refractivity contribution in [3.05, 3.63) is 99.7 Å². The zero-order chi connectivity index (χ0) is 27.8. The molecule has 0 aromatic heterocycles. The van der Waals surface area contributed by atoms with E-state index in [4.69, 9.17) is 6.58 Å². The molecule has 5 rings (SSSR count). The number of hydrogen-bond donors (Lipinski definition) is 0. The molecule has 0 atom stereocenters. The van der Waals surface area contributed by atoms with E-state index in [0.717, 1.165) is 64.8 Å². The van der Waals surface area contributed by atoms with E-state index in [1.165, 1.54) is 42.4 Å². The van der Waals surface area contributed by atoms with Gasteiger partial charge in [-0.2, -0.15) is 0 Å². The molecule has 39 heavy (non-hydrogen) atoms. The normalized spacial score (nSPS) is 15.8. The standard InChI is InChI=1S/C28H28N2O.C8H12.H2/c1-6-19-9-10-22-16-30(17-23(22)14-19)28(31)26-15-24(27(29-5)20(7-2)8-3)18(4)13-25(26)21-11-12-21;1-2-4-6-8-7-5-3-1;/h2,9-15H,6,8,16-17H2,1,3-5H3;1-6H2;1H. The molecule has 3 nitrogen and oxygen atoms in total. The number of benzene rings is 2. The highest BCUT2D eigenvalue weighted by molar-refractivity contribution is 6.15. The Hall–Kier alpha value is -3.60. The van der Waals surface area contributed by atoms with Crippen molar-refractivity contribution in [1.29, 1.82) is 0 Å². The Bertz CT molecular complexity index is 1400. The summed E-state index contributed by atoms with van der Waals surface area (Å²) in [5.74, 6) is 6.33. The summed E-state index contributed by atoms with van der Waals surface area (Å²) in [5, 5.41) is 0. The van der Waals surface area contributed by atoms with Crippen LogP contribution in [0.25, 0.3) is 5.57 Å². The first-order valence-corrected chi connectivity index (χ1v) is 14.4. The van der Waals surface area contributed by atoms with Gasteiger partial charge >= 0.3 is 0 Å². The summed E-state index contributed by atoms with van der Waals surface area (Å²) < 4.78 is 0. The average Bonchev–Trinajstić information content (AvgIpc) is 3.69. The van der Waals surface area contributed by atoms with Crippen LogP contribution >= 0.6 is 0 Å². The van der Waals surface area contributed by atoms with Crippen LogP contribution in [0.5, 0.6) is 0 Å². The minimum Gasteiger partial charge on any atom is -0.330 e. The van der Waals surface area contributed by atoms with Gasteiger partial charge in [0, 0.05) is 57.5 Å². The van der Waals surface area contributed by atoms with E-state index in [-0.39, 0.29) is 7.33 Å². The monoisotopic (exact) mass is 518 g/mol. The summed E-state index contributed by atoms with van der Waals surface area (Å²) in [7, 11) is 1.76. The molecular formula is C36H42N2O. The van der Waals surface area contributed by atoms with Crippen LogP contribution in [0.4, 0.5) is 0 Å². The van der Waals surface area contributed by atoms with E-state index < -0.39 is 0 Å². The number of rotatable bonds is 6. The molecule has 3 aliphatic rings. The highest BCUT2D eigenvalue weighted by Crippen LogP contribution is 2.36. The van der Waals surface area contributed by atoms with Crippen LogP contribution in [0.15, 0.2) is 52.7 Å². The number of aryl methyl sites for hydroxylation is 2. The molecule has 1 amide bonds. The Morgan fingerprint density at radius 2 is 1.72 bits per heavy atom. The van der Waals surface area contributed by atoms with Crippen molar-refractivity contribution in [3.8, 4) is 11.8 Å². The van der Waals surface area contributed by atoms with Crippen molar-refractivity contribution in [1.82, 2.24) is 4.90 Å². The molecule has 0 saturated carbocycles. The molecule has 0 unspecified atom stereocenters. The van der Waals surface area contributed by atoms with Crippen molar-refractivity contribution < 1.29 is 6.22 Å². The van der Waals surface area contributed by atoms with Gasteiger partial charge in [-0.05, 0) is 78.6 Å². The molecule has 0 bridgehead atoms. The molecular weight excluding hydrogens is 476 g/mol. The van der Waals surface area contributed by atoms with E-state index in [0.29, 0.717) is 13.1 Å². The summed E-state index contributed by atoms with van der Waals surface area (Å²) in [6.45, 7) is 13.3. The maximum atomic E-state index is 13.7. The molecule has 202 valence electrons. The molecule has 0 N–H and O–H groups in total. The number of allylic oxidation sites excluding steroid dienone is 3. The van der Waals surface area contributed by atoms with Gasteiger partial charge in [-0.15, -0.1) is 17.6 Å². The number of aliphatic imine (C=N–C) groups is 1. The smallest absolute Gasteiger partial charge is 0.255 e. The lowest BCUT2D eigenvalue weighted by Crippen LogP contribution is -2.26. The number of hydrogen-bond acceptors (Lipinski definition) is 2. The van der Waals surface area contributed by atoms with E-state index in [1.807, 2.05) is 17.9 Å². The Morgan fingerprint density at radius 3 is 2.31 bits per heavy atom. The first-order valence-electron chi connectivity index (χ1n) is 14.4. The third-order valence-electron chi connectivity index (χ3n) is 7.70. The third kappa shape index (κ3) is 6.89. The van der Waals surface area contributed by atoms with Crippen molar-refractivity contribution in [2.45, 2.75) is 85.2 Å². The third-order valence-corrected chi connectivity index (χ3v) is 7.70. The molecule has 1 heterocycles. The molecule has 1 aliphatic heterocycles. The van der Waals surface area contributed by atoms with Crippen molar-refractivity contribution in [2.75, 3.05) is 7.05 Å². The van der Waals surface area contributed by atoms with Gasteiger partial charge < -0.3 is 4.90 Å². The van der Waals surface area contributed by atoms with Crippen LogP contribution in [0, 0.1) is 31.8 Å². The fourth-order valence-electron chi connectivity index (χ4n) is 5.29. The molecule has 0 fully saturated rings. The Balaban J connectivity index is 0.000000423. The van der Waals surface area contributed by atoms with E-state index in [9.17, 15) is 4.79 Å². The largest absolute Gasteiger partial charge is 0.330 e. The van der Waals surface area contributed by atoms with Crippen LogP contribution in [-0.4, -0.2) is 23.6 Å².